The first-order valence-corrected chi connectivity index (χ1v) is 8.73. The number of halogens is 1. The topological polar surface area (TPSA) is 67.9 Å². The Bertz CT molecular complexity index is 738. The minimum absolute atomic E-state index is 0.258. The van der Waals surface area contributed by atoms with Crippen LogP contribution < -0.4 is 10.2 Å². The van der Waals surface area contributed by atoms with Gasteiger partial charge in [-0.3, -0.25) is 0 Å². The normalized spacial score (nSPS) is 22.5. The summed E-state index contributed by atoms with van der Waals surface area (Å²) in [4.78, 5) is 26.2. The molecule has 1 atom stereocenters. The Morgan fingerprint density at radius 1 is 1.27 bits per heavy atom. The molecule has 0 saturated carbocycles. The first-order valence-electron chi connectivity index (χ1n) is 8.73. The zero-order valence-electron chi connectivity index (χ0n) is 15.2. The first kappa shape index (κ1) is 18.2. The molecule has 0 spiro atoms. The quantitative estimate of drug-likeness (QED) is 0.506. The fraction of sp³-hybridized carbons (Fsp3) is 0.474. The van der Waals surface area contributed by atoms with Crippen molar-refractivity contribution in [2.75, 3.05) is 23.3 Å². The summed E-state index contributed by atoms with van der Waals surface area (Å²) < 4.78 is 23.9. The highest BCUT2D eigenvalue weighted by atomic mass is 19.1. The SMILES string of the molecule is CC1CCCN(c2ccc(F)cc2NC=C2C(=O)OC(C)(C)OC2=O)C1. The van der Waals surface area contributed by atoms with Crippen molar-refractivity contribution in [2.45, 2.75) is 39.4 Å². The van der Waals surface area contributed by atoms with Gasteiger partial charge in [0, 0.05) is 33.1 Å². The van der Waals surface area contributed by atoms with Crippen molar-refractivity contribution in [3.8, 4) is 0 Å². The lowest BCUT2D eigenvalue weighted by atomic mass is 9.99. The molecule has 26 heavy (non-hydrogen) atoms. The summed E-state index contributed by atoms with van der Waals surface area (Å²) in [5.41, 5.74) is 1.05. The molecular formula is C19H23FN2O4. The van der Waals surface area contributed by atoms with Gasteiger partial charge >= 0.3 is 11.9 Å². The molecule has 140 valence electrons. The van der Waals surface area contributed by atoms with E-state index in [1.54, 1.807) is 6.07 Å². The summed E-state index contributed by atoms with van der Waals surface area (Å²) in [5.74, 6) is -2.70. The van der Waals surface area contributed by atoms with Crippen LogP contribution in [-0.2, 0) is 19.1 Å². The monoisotopic (exact) mass is 362 g/mol. The van der Waals surface area contributed by atoms with Crippen LogP contribution in [-0.4, -0.2) is 30.8 Å². The zero-order chi connectivity index (χ0) is 18.9. The average molecular weight is 362 g/mol. The fourth-order valence-electron chi connectivity index (χ4n) is 3.24. The molecule has 7 heteroatoms. The minimum atomic E-state index is -1.29. The third-order valence-electron chi connectivity index (χ3n) is 4.45. The lowest BCUT2D eigenvalue weighted by Gasteiger charge is -2.34. The number of rotatable bonds is 3. The highest BCUT2D eigenvalue weighted by Gasteiger charge is 2.39. The number of nitrogens with one attached hydrogen (secondary N) is 1. The molecular weight excluding hydrogens is 339 g/mol. The van der Waals surface area contributed by atoms with E-state index in [2.05, 4.69) is 17.1 Å². The molecule has 2 saturated heterocycles. The summed E-state index contributed by atoms with van der Waals surface area (Å²) in [6.45, 7) is 6.89. The Kier molecular flexibility index (Phi) is 4.89. The van der Waals surface area contributed by atoms with E-state index in [-0.39, 0.29) is 5.57 Å². The number of hydrogen-bond donors (Lipinski definition) is 1. The van der Waals surface area contributed by atoms with Gasteiger partial charge in [-0.05, 0) is 37.0 Å². The lowest BCUT2D eigenvalue weighted by molar-refractivity contribution is -0.222. The van der Waals surface area contributed by atoms with Gasteiger partial charge in [-0.1, -0.05) is 6.92 Å². The molecule has 1 aromatic carbocycles. The van der Waals surface area contributed by atoms with E-state index < -0.39 is 23.5 Å². The molecule has 0 aliphatic carbocycles. The highest BCUT2D eigenvalue weighted by Crippen LogP contribution is 2.31. The smallest absolute Gasteiger partial charge is 0.350 e. The van der Waals surface area contributed by atoms with Gasteiger partial charge in [0.15, 0.2) is 5.57 Å². The van der Waals surface area contributed by atoms with E-state index in [9.17, 15) is 14.0 Å². The van der Waals surface area contributed by atoms with Gasteiger partial charge in [0.25, 0.3) is 5.79 Å². The molecule has 1 aromatic rings. The Morgan fingerprint density at radius 3 is 2.62 bits per heavy atom. The number of cyclic esters (lactones) is 2. The van der Waals surface area contributed by atoms with Crippen molar-refractivity contribution in [1.82, 2.24) is 0 Å². The average Bonchev–Trinajstić information content (AvgIpc) is 2.53. The van der Waals surface area contributed by atoms with Crippen LogP contribution in [0, 0.1) is 11.7 Å². The van der Waals surface area contributed by atoms with Gasteiger partial charge in [0.2, 0.25) is 0 Å². The maximum absolute atomic E-state index is 13.7. The van der Waals surface area contributed by atoms with Crippen LogP contribution >= 0.6 is 0 Å². The Morgan fingerprint density at radius 2 is 1.96 bits per heavy atom. The van der Waals surface area contributed by atoms with E-state index in [0.717, 1.165) is 31.6 Å². The second kappa shape index (κ2) is 6.97. The Hall–Kier alpha value is -2.57. The largest absolute Gasteiger partial charge is 0.419 e. The number of nitrogens with zero attached hydrogens (tertiary/aromatic N) is 1. The van der Waals surface area contributed by atoms with E-state index in [1.807, 2.05) is 0 Å². The maximum atomic E-state index is 13.7. The molecule has 2 fully saturated rings. The summed E-state index contributed by atoms with van der Waals surface area (Å²) >= 11 is 0. The molecule has 0 bridgehead atoms. The van der Waals surface area contributed by atoms with Crippen molar-refractivity contribution in [3.05, 3.63) is 35.8 Å². The number of benzene rings is 1. The van der Waals surface area contributed by atoms with Crippen LogP contribution in [0.2, 0.25) is 0 Å². The molecule has 3 rings (SSSR count). The fourth-order valence-corrected chi connectivity index (χ4v) is 3.24. The van der Waals surface area contributed by atoms with Crippen LogP contribution in [0.3, 0.4) is 0 Å². The maximum Gasteiger partial charge on any atom is 0.350 e. The number of anilines is 2. The van der Waals surface area contributed by atoms with E-state index in [4.69, 9.17) is 9.47 Å². The second-order valence-corrected chi connectivity index (χ2v) is 7.24. The van der Waals surface area contributed by atoms with Gasteiger partial charge in [-0.2, -0.15) is 0 Å². The number of carbonyl (C=O) groups is 2. The predicted octanol–water partition coefficient (Wildman–Crippen LogP) is 3.19. The zero-order valence-corrected chi connectivity index (χ0v) is 15.2. The van der Waals surface area contributed by atoms with Crippen molar-refractivity contribution in [2.24, 2.45) is 5.92 Å². The van der Waals surface area contributed by atoms with Gasteiger partial charge in [0.05, 0.1) is 11.4 Å². The number of carbonyl (C=O) groups excluding carboxylic acids is 2. The van der Waals surface area contributed by atoms with Crippen LogP contribution in [0.25, 0.3) is 0 Å². The van der Waals surface area contributed by atoms with Crippen molar-refractivity contribution < 1.29 is 23.5 Å². The summed E-state index contributed by atoms with van der Waals surface area (Å²) in [6, 6.07) is 4.45. The molecule has 0 radical (unpaired) electrons. The molecule has 0 amide bonds. The third-order valence-corrected chi connectivity index (χ3v) is 4.45. The van der Waals surface area contributed by atoms with Crippen molar-refractivity contribution >= 4 is 23.3 Å². The standard InChI is InChI=1S/C19H23FN2O4/c1-12-5-4-8-22(11-12)16-7-6-13(20)9-15(16)21-10-14-17(23)25-19(2,3)26-18(14)24/h6-7,9-10,12,21H,4-5,8,11H2,1-3H3. The number of ether oxygens (including phenoxy) is 2. The number of hydrogen-bond acceptors (Lipinski definition) is 6. The van der Waals surface area contributed by atoms with Crippen LogP contribution in [0.5, 0.6) is 0 Å². The van der Waals surface area contributed by atoms with Gasteiger partial charge in [0.1, 0.15) is 5.82 Å². The molecule has 2 aliphatic rings. The minimum Gasteiger partial charge on any atom is -0.419 e. The lowest BCUT2D eigenvalue weighted by Crippen LogP contribution is -2.42. The van der Waals surface area contributed by atoms with E-state index >= 15 is 0 Å². The van der Waals surface area contributed by atoms with Crippen LogP contribution in [0.4, 0.5) is 15.8 Å². The molecule has 2 heterocycles. The molecule has 0 aromatic heterocycles. The predicted molar refractivity (Wildman–Crippen MR) is 95.0 cm³/mol. The number of esters is 2. The first-order chi connectivity index (χ1) is 12.2. The molecule has 1 unspecified atom stereocenters. The molecule has 1 N–H and O–H groups in total. The molecule has 2 aliphatic heterocycles. The van der Waals surface area contributed by atoms with Crippen LogP contribution in [0.15, 0.2) is 30.0 Å². The van der Waals surface area contributed by atoms with Crippen molar-refractivity contribution in [1.29, 1.82) is 0 Å². The summed E-state index contributed by atoms with van der Waals surface area (Å²) in [5, 5.41) is 2.88. The highest BCUT2D eigenvalue weighted by molar-refractivity contribution is 6.15. The van der Waals surface area contributed by atoms with E-state index in [0.29, 0.717) is 11.6 Å². The van der Waals surface area contributed by atoms with Crippen molar-refractivity contribution in [3.63, 3.8) is 0 Å². The van der Waals surface area contributed by atoms with Crippen LogP contribution in [0.1, 0.15) is 33.6 Å². The Labute approximate surface area is 151 Å². The number of piperidine rings is 1. The summed E-state index contributed by atoms with van der Waals surface area (Å²) in [6.07, 6.45) is 3.44. The van der Waals surface area contributed by atoms with Gasteiger partial charge in [-0.15, -0.1) is 0 Å². The Balaban J connectivity index is 1.84. The molecule has 6 nitrogen and oxygen atoms in total. The van der Waals surface area contributed by atoms with E-state index in [1.165, 1.54) is 32.2 Å². The second-order valence-electron chi connectivity index (χ2n) is 7.24. The van der Waals surface area contributed by atoms with Gasteiger partial charge in [-0.25, -0.2) is 14.0 Å². The third kappa shape index (κ3) is 3.98. The van der Waals surface area contributed by atoms with Gasteiger partial charge < -0.3 is 19.7 Å². The summed E-state index contributed by atoms with van der Waals surface area (Å²) in [7, 11) is 0.